The molecule has 3 saturated heterocycles. The van der Waals surface area contributed by atoms with Crippen molar-refractivity contribution in [3.8, 4) is 0 Å². The van der Waals surface area contributed by atoms with E-state index in [0.29, 0.717) is 50.6 Å². The SMILES string of the molecule is C=C([C@H](C)CC1(CCCOC(C)=O)OCC(C)(C)CO1)[C@H](O)C[C@@H]1O[C@H]2C[C@@H](C)[C@@H](CCC)O[C@H]2[C@H](C)[C@H]1OC(C)=O. The summed E-state index contributed by atoms with van der Waals surface area (Å²) in [5.41, 5.74) is 0.553. The molecule has 0 amide bonds. The van der Waals surface area contributed by atoms with Crippen molar-refractivity contribution in [3.63, 3.8) is 0 Å². The topological polar surface area (TPSA) is 110 Å². The van der Waals surface area contributed by atoms with Gasteiger partial charge in [-0.15, -0.1) is 0 Å². The Hall–Kier alpha value is -1.52. The van der Waals surface area contributed by atoms with Crippen LogP contribution in [0.3, 0.4) is 0 Å². The summed E-state index contributed by atoms with van der Waals surface area (Å²) in [6.07, 6.45) is 2.83. The fraction of sp³-hybridized carbons (Fsp3) is 0.879. The van der Waals surface area contributed by atoms with Gasteiger partial charge in [0, 0.05) is 44.4 Å². The number of aliphatic hydroxyl groups is 1. The molecule has 0 aromatic carbocycles. The second-order valence-corrected chi connectivity index (χ2v) is 13.8. The Labute approximate surface area is 253 Å². The number of hydrogen-bond donors (Lipinski definition) is 1. The van der Waals surface area contributed by atoms with Crippen molar-refractivity contribution in [1.82, 2.24) is 0 Å². The molecule has 1 N–H and O–H groups in total. The number of aliphatic hydroxyl groups excluding tert-OH is 1. The summed E-state index contributed by atoms with van der Waals surface area (Å²) in [7, 11) is 0. The maximum absolute atomic E-state index is 12.1. The van der Waals surface area contributed by atoms with Gasteiger partial charge in [-0.3, -0.25) is 9.59 Å². The highest BCUT2D eigenvalue weighted by atomic mass is 16.7. The van der Waals surface area contributed by atoms with Gasteiger partial charge in [-0.05, 0) is 36.7 Å². The Morgan fingerprint density at radius 3 is 2.33 bits per heavy atom. The molecule has 0 bridgehead atoms. The summed E-state index contributed by atoms with van der Waals surface area (Å²) < 4.78 is 36.7. The number of esters is 2. The maximum atomic E-state index is 12.1. The first-order valence-corrected chi connectivity index (χ1v) is 15.9. The predicted molar refractivity (Wildman–Crippen MR) is 159 cm³/mol. The van der Waals surface area contributed by atoms with E-state index < -0.39 is 24.1 Å². The first-order chi connectivity index (χ1) is 19.7. The Balaban J connectivity index is 1.68. The van der Waals surface area contributed by atoms with Crippen molar-refractivity contribution in [2.75, 3.05) is 19.8 Å². The van der Waals surface area contributed by atoms with Gasteiger partial charge in [0.1, 0.15) is 6.10 Å². The Kier molecular flexibility index (Phi) is 12.5. The van der Waals surface area contributed by atoms with Crippen LogP contribution in [-0.2, 0) is 38.0 Å². The zero-order valence-electron chi connectivity index (χ0n) is 27.2. The first kappa shape index (κ1) is 35.0. The number of ether oxygens (including phenoxy) is 6. The Morgan fingerprint density at radius 1 is 1.07 bits per heavy atom. The van der Waals surface area contributed by atoms with Crippen molar-refractivity contribution in [2.24, 2.45) is 23.2 Å². The summed E-state index contributed by atoms with van der Waals surface area (Å²) in [5, 5.41) is 11.4. The van der Waals surface area contributed by atoms with Crippen LogP contribution in [0.1, 0.15) is 100 Å². The van der Waals surface area contributed by atoms with Gasteiger partial charge in [0.25, 0.3) is 0 Å². The van der Waals surface area contributed by atoms with Crippen molar-refractivity contribution in [3.05, 3.63) is 12.2 Å². The second kappa shape index (κ2) is 15.0. The number of hydrogen-bond acceptors (Lipinski definition) is 9. The molecular weight excluding hydrogens is 540 g/mol. The molecule has 0 aliphatic carbocycles. The third kappa shape index (κ3) is 9.24. The predicted octanol–water partition coefficient (Wildman–Crippen LogP) is 5.36. The van der Waals surface area contributed by atoms with E-state index in [9.17, 15) is 14.7 Å². The zero-order chi connectivity index (χ0) is 31.2. The highest BCUT2D eigenvalue weighted by Crippen LogP contribution is 2.42. The van der Waals surface area contributed by atoms with Crippen LogP contribution < -0.4 is 0 Å². The minimum absolute atomic E-state index is 0.0738. The monoisotopic (exact) mass is 596 g/mol. The van der Waals surface area contributed by atoms with Crippen molar-refractivity contribution in [1.29, 1.82) is 0 Å². The lowest BCUT2D eigenvalue weighted by atomic mass is 9.78. The molecule has 0 spiro atoms. The number of fused-ring (bicyclic) bond motifs is 1. The van der Waals surface area contributed by atoms with Crippen LogP contribution in [0.5, 0.6) is 0 Å². The normalized spacial score (nSPS) is 33.6. The number of carbonyl (C=O) groups is 2. The minimum Gasteiger partial charge on any atom is -0.466 e. The molecule has 0 aromatic rings. The van der Waals surface area contributed by atoms with Crippen molar-refractivity contribution < 1.29 is 43.1 Å². The van der Waals surface area contributed by atoms with Gasteiger partial charge in [0.2, 0.25) is 0 Å². The summed E-state index contributed by atoms with van der Waals surface area (Å²) in [5.74, 6) is -1.39. The van der Waals surface area contributed by atoms with E-state index in [1.165, 1.54) is 13.8 Å². The van der Waals surface area contributed by atoms with Crippen LogP contribution in [0.4, 0.5) is 0 Å². The summed E-state index contributed by atoms with van der Waals surface area (Å²) in [6, 6.07) is 0. The minimum atomic E-state index is -0.875. The Bertz CT molecular complexity index is 907. The average Bonchev–Trinajstić information content (AvgIpc) is 2.91. The van der Waals surface area contributed by atoms with Crippen LogP contribution >= 0.6 is 0 Å². The van der Waals surface area contributed by atoms with E-state index in [-0.39, 0.29) is 53.9 Å². The number of rotatable bonds is 13. The van der Waals surface area contributed by atoms with Gasteiger partial charge in [0.15, 0.2) is 5.79 Å². The molecule has 3 rings (SSSR count). The molecular formula is C33H56O9. The average molecular weight is 597 g/mol. The number of carbonyl (C=O) groups excluding carboxylic acids is 2. The van der Waals surface area contributed by atoms with E-state index in [1.807, 2.05) is 6.92 Å². The lowest BCUT2D eigenvalue weighted by Crippen LogP contribution is -2.60. The molecule has 9 nitrogen and oxygen atoms in total. The molecule has 3 fully saturated rings. The standard InChI is InChI=1S/C33H56O9/c1-10-12-27-20(2)15-28-31(42-27)23(5)30(40-25(7)35)29(41-28)16-26(36)22(4)21(3)17-33(13-11-14-37-24(6)34)38-18-32(8,9)19-39-33/h20-21,23,26-31,36H,4,10-19H2,1-3,5-9H3/t20-,21-,23-,26-,27-,28+,29+,30-,31+/m1/s1. The molecule has 3 heterocycles. The quantitative estimate of drug-likeness (QED) is 0.171. The van der Waals surface area contributed by atoms with Gasteiger partial charge < -0.3 is 33.5 Å². The molecule has 0 radical (unpaired) electrons. The fourth-order valence-electron chi connectivity index (χ4n) is 6.66. The third-order valence-corrected chi connectivity index (χ3v) is 9.16. The van der Waals surface area contributed by atoms with Gasteiger partial charge >= 0.3 is 11.9 Å². The lowest BCUT2D eigenvalue weighted by Gasteiger charge is -2.51. The molecule has 3 aliphatic heterocycles. The highest BCUT2D eigenvalue weighted by molar-refractivity contribution is 5.66. The summed E-state index contributed by atoms with van der Waals surface area (Å²) in [6.45, 7) is 21.1. The maximum Gasteiger partial charge on any atom is 0.303 e. The van der Waals surface area contributed by atoms with Crippen LogP contribution in [0.15, 0.2) is 12.2 Å². The molecule has 9 heteroatoms. The third-order valence-electron chi connectivity index (χ3n) is 9.16. The van der Waals surface area contributed by atoms with Crippen molar-refractivity contribution >= 4 is 11.9 Å². The summed E-state index contributed by atoms with van der Waals surface area (Å²) in [4.78, 5) is 23.3. The van der Waals surface area contributed by atoms with E-state index in [2.05, 4.69) is 41.2 Å². The molecule has 0 aromatic heterocycles. The van der Waals surface area contributed by atoms with Gasteiger partial charge in [0.05, 0.1) is 50.3 Å². The molecule has 42 heavy (non-hydrogen) atoms. The lowest BCUT2D eigenvalue weighted by molar-refractivity contribution is -0.308. The Morgan fingerprint density at radius 2 is 1.74 bits per heavy atom. The van der Waals surface area contributed by atoms with E-state index in [0.717, 1.165) is 19.3 Å². The van der Waals surface area contributed by atoms with E-state index >= 15 is 0 Å². The molecule has 3 aliphatic rings. The largest absolute Gasteiger partial charge is 0.466 e. The molecule has 0 saturated carbocycles. The molecule has 242 valence electrons. The van der Waals surface area contributed by atoms with Crippen LogP contribution in [0.25, 0.3) is 0 Å². The molecule has 9 atom stereocenters. The fourth-order valence-corrected chi connectivity index (χ4v) is 6.66. The van der Waals surface area contributed by atoms with E-state index in [1.54, 1.807) is 0 Å². The van der Waals surface area contributed by atoms with Crippen molar-refractivity contribution in [2.45, 2.75) is 143 Å². The van der Waals surface area contributed by atoms with Gasteiger partial charge in [-0.25, -0.2) is 0 Å². The van der Waals surface area contributed by atoms with Gasteiger partial charge in [-0.2, -0.15) is 0 Å². The smallest absolute Gasteiger partial charge is 0.303 e. The zero-order valence-corrected chi connectivity index (χ0v) is 27.2. The molecule has 0 unspecified atom stereocenters. The highest BCUT2D eigenvalue weighted by Gasteiger charge is 2.50. The summed E-state index contributed by atoms with van der Waals surface area (Å²) >= 11 is 0. The van der Waals surface area contributed by atoms with E-state index in [4.69, 9.17) is 28.4 Å². The van der Waals surface area contributed by atoms with Crippen LogP contribution in [-0.4, -0.2) is 79.3 Å². The van der Waals surface area contributed by atoms with Crippen LogP contribution in [0, 0.1) is 23.2 Å². The van der Waals surface area contributed by atoms with Crippen LogP contribution in [0.2, 0.25) is 0 Å². The first-order valence-electron chi connectivity index (χ1n) is 15.9. The second-order valence-electron chi connectivity index (χ2n) is 13.8. The van der Waals surface area contributed by atoms with Gasteiger partial charge in [-0.1, -0.05) is 54.5 Å².